The van der Waals surface area contributed by atoms with Gasteiger partial charge in [0.2, 0.25) is 5.91 Å². The molecule has 0 bridgehead atoms. The van der Waals surface area contributed by atoms with E-state index in [4.69, 9.17) is 4.42 Å². The van der Waals surface area contributed by atoms with Gasteiger partial charge in [0.25, 0.3) is 5.91 Å². The third-order valence-electron chi connectivity index (χ3n) is 4.50. The Morgan fingerprint density at radius 2 is 1.74 bits per heavy atom. The van der Waals surface area contributed by atoms with Crippen LogP contribution in [-0.2, 0) is 4.79 Å². The second-order valence-electron chi connectivity index (χ2n) is 6.32. The molecule has 2 aromatic rings. The van der Waals surface area contributed by atoms with Crippen LogP contribution in [-0.4, -0.2) is 42.9 Å². The molecule has 8 nitrogen and oxygen atoms in total. The highest BCUT2D eigenvalue weighted by Crippen LogP contribution is 2.22. The molecule has 1 aliphatic rings. The summed E-state index contributed by atoms with van der Waals surface area (Å²) in [7, 11) is 1.53. The fourth-order valence-electron chi connectivity index (χ4n) is 3.01. The number of likely N-dealkylation sites (tertiary alicyclic amines) is 1. The number of carbonyl (C=O) groups excluding carboxylic acids is 3. The van der Waals surface area contributed by atoms with Crippen molar-refractivity contribution in [3.8, 4) is 0 Å². The van der Waals surface area contributed by atoms with Gasteiger partial charge in [0, 0.05) is 37.4 Å². The molecule has 27 heavy (non-hydrogen) atoms. The summed E-state index contributed by atoms with van der Waals surface area (Å²) in [5.74, 6) is -0.0800. The fourth-order valence-corrected chi connectivity index (χ4v) is 3.01. The number of amides is 4. The molecule has 1 fully saturated rings. The van der Waals surface area contributed by atoms with Crippen molar-refractivity contribution in [2.45, 2.75) is 12.8 Å². The average molecular weight is 370 g/mol. The van der Waals surface area contributed by atoms with Crippen LogP contribution in [0.1, 0.15) is 23.4 Å². The fraction of sp³-hybridized carbons (Fsp3) is 0.316. The number of hydrogen-bond acceptors (Lipinski definition) is 4. The minimum Gasteiger partial charge on any atom is -0.459 e. The van der Waals surface area contributed by atoms with Crippen LogP contribution in [0.2, 0.25) is 0 Å². The van der Waals surface area contributed by atoms with Crippen molar-refractivity contribution >= 4 is 29.2 Å². The maximum Gasteiger partial charge on any atom is 0.318 e. The molecule has 1 aliphatic heterocycles. The highest BCUT2D eigenvalue weighted by molar-refractivity contribution is 5.95. The highest BCUT2D eigenvalue weighted by Gasteiger charge is 2.28. The molecule has 142 valence electrons. The number of hydrogen-bond donors (Lipinski definition) is 3. The highest BCUT2D eigenvalue weighted by atomic mass is 16.3. The predicted molar refractivity (Wildman–Crippen MR) is 100 cm³/mol. The van der Waals surface area contributed by atoms with Crippen LogP contribution in [0.25, 0.3) is 0 Å². The Hall–Kier alpha value is -3.29. The van der Waals surface area contributed by atoms with Crippen molar-refractivity contribution in [1.29, 1.82) is 0 Å². The van der Waals surface area contributed by atoms with Gasteiger partial charge in [0.1, 0.15) is 0 Å². The van der Waals surface area contributed by atoms with E-state index in [0.717, 1.165) is 0 Å². The summed E-state index contributed by atoms with van der Waals surface area (Å²) >= 11 is 0. The minimum atomic E-state index is -0.327. The predicted octanol–water partition coefficient (Wildman–Crippen LogP) is 2.52. The molecule has 2 heterocycles. The first-order valence-electron chi connectivity index (χ1n) is 8.79. The molecule has 8 heteroatoms. The number of anilines is 2. The largest absolute Gasteiger partial charge is 0.459 e. The van der Waals surface area contributed by atoms with E-state index in [2.05, 4.69) is 16.0 Å². The standard InChI is InChI=1S/C19H22N4O4/c1-20-19(26)22-15-5-2-4-14(12-15)21-17(24)13-7-9-23(10-8-13)18(25)16-6-3-11-27-16/h2-6,11-13H,7-10H2,1H3,(H,21,24)(H2,20,22,26). The Morgan fingerprint density at radius 1 is 1.04 bits per heavy atom. The number of urea groups is 1. The monoisotopic (exact) mass is 370 g/mol. The van der Waals surface area contributed by atoms with Crippen molar-refractivity contribution in [3.63, 3.8) is 0 Å². The molecule has 4 amide bonds. The summed E-state index contributed by atoms with van der Waals surface area (Å²) in [6.07, 6.45) is 2.66. The zero-order valence-corrected chi connectivity index (χ0v) is 15.0. The molecule has 3 rings (SSSR count). The molecular weight excluding hydrogens is 348 g/mol. The lowest BCUT2D eigenvalue weighted by atomic mass is 9.95. The Bertz CT molecular complexity index is 811. The van der Waals surface area contributed by atoms with Crippen LogP contribution in [0.5, 0.6) is 0 Å². The molecule has 0 saturated carbocycles. The van der Waals surface area contributed by atoms with Crippen molar-refractivity contribution in [3.05, 3.63) is 48.4 Å². The van der Waals surface area contributed by atoms with E-state index in [1.54, 1.807) is 41.3 Å². The van der Waals surface area contributed by atoms with Crippen molar-refractivity contribution in [2.75, 3.05) is 30.8 Å². The number of nitrogens with one attached hydrogen (secondary N) is 3. The second-order valence-corrected chi connectivity index (χ2v) is 6.32. The lowest BCUT2D eigenvalue weighted by Crippen LogP contribution is -2.41. The SMILES string of the molecule is CNC(=O)Nc1cccc(NC(=O)C2CCN(C(=O)c3ccco3)CC2)c1. The first-order valence-corrected chi connectivity index (χ1v) is 8.79. The van der Waals surface area contributed by atoms with E-state index < -0.39 is 0 Å². The van der Waals surface area contributed by atoms with E-state index in [0.29, 0.717) is 43.1 Å². The number of piperidine rings is 1. The Kier molecular flexibility index (Phi) is 5.75. The van der Waals surface area contributed by atoms with E-state index in [-0.39, 0.29) is 23.8 Å². The Balaban J connectivity index is 1.53. The van der Waals surface area contributed by atoms with Crippen molar-refractivity contribution < 1.29 is 18.8 Å². The van der Waals surface area contributed by atoms with Crippen molar-refractivity contribution in [1.82, 2.24) is 10.2 Å². The maximum atomic E-state index is 12.5. The van der Waals surface area contributed by atoms with Gasteiger partial charge in [-0.1, -0.05) is 6.07 Å². The topological polar surface area (TPSA) is 104 Å². The van der Waals surface area contributed by atoms with Gasteiger partial charge in [0.05, 0.1) is 6.26 Å². The average Bonchev–Trinajstić information content (AvgIpc) is 3.22. The first-order chi connectivity index (χ1) is 13.1. The van der Waals surface area contributed by atoms with Gasteiger partial charge >= 0.3 is 6.03 Å². The first kappa shape index (κ1) is 18.5. The second kappa shape index (κ2) is 8.39. The van der Waals surface area contributed by atoms with Gasteiger partial charge in [-0.15, -0.1) is 0 Å². The number of rotatable bonds is 4. The molecule has 0 radical (unpaired) electrons. The smallest absolute Gasteiger partial charge is 0.318 e. The number of furan rings is 1. The number of carbonyl (C=O) groups is 3. The third kappa shape index (κ3) is 4.66. The van der Waals surface area contributed by atoms with E-state index in [9.17, 15) is 14.4 Å². The third-order valence-corrected chi connectivity index (χ3v) is 4.50. The van der Waals surface area contributed by atoms with Crippen LogP contribution in [0.4, 0.5) is 16.2 Å². The zero-order valence-electron chi connectivity index (χ0n) is 15.0. The quantitative estimate of drug-likeness (QED) is 0.769. The molecule has 1 aromatic heterocycles. The lowest BCUT2D eigenvalue weighted by molar-refractivity contribution is -0.121. The lowest BCUT2D eigenvalue weighted by Gasteiger charge is -2.30. The zero-order chi connectivity index (χ0) is 19.2. The van der Waals surface area contributed by atoms with Gasteiger partial charge in [-0.2, -0.15) is 0 Å². The summed E-state index contributed by atoms with van der Waals surface area (Å²) in [6, 6.07) is 9.95. The molecule has 1 aromatic carbocycles. The summed E-state index contributed by atoms with van der Waals surface area (Å²) in [6.45, 7) is 1.02. The van der Waals surface area contributed by atoms with E-state index in [1.165, 1.54) is 13.3 Å². The molecular formula is C19H22N4O4. The van der Waals surface area contributed by atoms with Gasteiger partial charge in [0.15, 0.2) is 5.76 Å². The number of nitrogens with zero attached hydrogens (tertiary/aromatic N) is 1. The van der Waals surface area contributed by atoms with Crippen LogP contribution in [0, 0.1) is 5.92 Å². The van der Waals surface area contributed by atoms with Gasteiger partial charge < -0.3 is 25.3 Å². The van der Waals surface area contributed by atoms with Gasteiger partial charge in [-0.3, -0.25) is 9.59 Å². The summed E-state index contributed by atoms with van der Waals surface area (Å²) in [5.41, 5.74) is 1.20. The minimum absolute atomic E-state index is 0.0859. The normalized spacial score (nSPS) is 14.5. The van der Waals surface area contributed by atoms with Crippen LogP contribution in [0.3, 0.4) is 0 Å². The van der Waals surface area contributed by atoms with Crippen molar-refractivity contribution in [2.24, 2.45) is 5.92 Å². The molecule has 3 N–H and O–H groups in total. The molecule has 0 unspecified atom stereocenters. The Labute approximate surface area is 156 Å². The molecule has 0 aliphatic carbocycles. The maximum absolute atomic E-state index is 12.5. The van der Waals surface area contributed by atoms with Gasteiger partial charge in [-0.05, 0) is 43.2 Å². The summed E-state index contributed by atoms with van der Waals surface area (Å²) in [5, 5.41) is 8.02. The molecule has 1 saturated heterocycles. The van der Waals surface area contributed by atoms with Crippen LogP contribution >= 0.6 is 0 Å². The van der Waals surface area contributed by atoms with E-state index >= 15 is 0 Å². The van der Waals surface area contributed by atoms with Gasteiger partial charge in [-0.25, -0.2) is 4.79 Å². The Morgan fingerprint density at radius 3 is 2.37 bits per heavy atom. The summed E-state index contributed by atoms with van der Waals surface area (Å²) < 4.78 is 5.14. The molecule has 0 atom stereocenters. The van der Waals surface area contributed by atoms with Crippen LogP contribution in [0.15, 0.2) is 47.1 Å². The van der Waals surface area contributed by atoms with Crippen LogP contribution < -0.4 is 16.0 Å². The van der Waals surface area contributed by atoms with E-state index in [1.807, 2.05) is 0 Å². The number of benzene rings is 1. The molecule has 0 spiro atoms. The summed E-state index contributed by atoms with van der Waals surface area (Å²) in [4.78, 5) is 37.9.